The number of hydrogen-bond donors (Lipinski definition) is 1. The number of aliphatic hydroxyl groups is 1. The Bertz CT molecular complexity index is 2010. The summed E-state index contributed by atoms with van der Waals surface area (Å²) in [4.78, 5) is 33.6. The van der Waals surface area contributed by atoms with E-state index in [0.717, 1.165) is 12.0 Å². The number of Topliss-reactive ketones (excluding diaryl/α,β-unsaturated/α-hetero) is 1. The molecule has 1 atom stereocenters. The highest BCUT2D eigenvalue weighted by Crippen LogP contribution is 2.46. The third-order valence-electron chi connectivity index (χ3n) is 7.74. The second-order valence-electron chi connectivity index (χ2n) is 11.3. The molecule has 242 valence electrons. The van der Waals surface area contributed by atoms with Gasteiger partial charge in [-0.3, -0.25) is 18.9 Å². The minimum Gasteiger partial charge on any atom is -0.505 e. The van der Waals surface area contributed by atoms with Crippen LogP contribution in [0.3, 0.4) is 0 Å². The number of hydrogen-bond acceptors (Lipinski definition) is 10. The number of carbonyl (C=O) groups is 2. The Kier molecular flexibility index (Phi) is 9.53. The summed E-state index contributed by atoms with van der Waals surface area (Å²) < 4.78 is 14.0. The molecule has 1 unspecified atom stereocenters. The van der Waals surface area contributed by atoms with Crippen LogP contribution in [-0.2, 0) is 15.3 Å². The van der Waals surface area contributed by atoms with Gasteiger partial charge in [-0.05, 0) is 60.7 Å². The van der Waals surface area contributed by atoms with Crippen molar-refractivity contribution in [3.05, 3.63) is 100.0 Å². The maximum Gasteiger partial charge on any atom is 0.301 e. The molecule has 2 aromatic carbocycles. The molecule has 3 aromatic heterocycles. The van der Waals surface area contributed by atoms with Crippen molar-refractivity contribution in [2.75, 3.05) is 18.6 Å². The van der Waals surface area contributed by atoms with Gasteiger partial charge in [-0.15, -0.1) is 10.2 Å². The van der Waals surface area contributed by atoms with Crippen molar-refractivity contribution in [1.29, 1.82) is 0 Å². The lowest BCUT2D eigenvalue weighted by Crippen LogP contribution is -2.29. The predicted octanol–water partition coefficient (Wildman–Crippen LogP) is 7.50. The van der Waals surface area contributed by atoms with Crippen LogP contribution >= 0.6 is 34.7 Å². The third-order valence-corrected chi connectivity index (χ3v) is 10.2. The SMILES string of the molecule is COc1cc(C2/C(=C(\O)c3c(C)nc4ccccn34)C(=O)C(=O)N2c2nnc(SCc3ccccc3Cl)s2)ccc1OCCC(C)C. The highest BCUT2D eigenvalue weighted by Gasteiger charge is 2.49. The number of ketones is 1. The zero-order chi connectivity index (χ0) is 33.2. The van der Waals surface area contributed by atoms with Gasteiger partial charge in [0.15, 0.2) is 21.6 Å². The Morgan fingerprint density at radius 2 is 1.87 bits per heavy atom. The Morgan fingerprint density at radius 3 is 2.64 bits per heavy atom. The second kappa shape index (κ2) is 13.8. The maximum atomic E-state index is 13.9. The third kappa shape index (κ3) is 6.45. The molecule has 4 heterocycles. The van der Waals surface area contributed by atoms with E-state index in [1.165, 1.54) is 35.1 Å². The van der Waals surface area contributed by atoms with Gasteiger partial charge < -0.3 is 14.6 Å². The van der Waals surface area contributed by atoms with Crippen molar-refractivity contribution in [3.8, 4) is 11.5 Å². The first kappa shape index (κ1) is 32.5. The van der Waals surface area contributed by atoms with E-state index < -0.39 is 17.7 Å². The minimum absolute atomic E-state index is 0.0975. The van der Waals surface area contributed by atoms with Gasteiger partial charge in [0.2, 0.25) is 5.13 Å². The smallest absolute Gasteiger partial charge is 0.301 e. The molecule has 1 saturated heterocycles. The van der Waals surface area contributed by atoms with Gasteiger partial charge in [-0.1, -0.05) is 78.9 Å². The number of carbonyl (C=O) groups excluding carboxylic acids is 2. The van der Waals surface area contributed by atoms with Crippen LogP contribution in [0.4, 0.5) is 5.13 Å². The van der Waals surface area contributed by atoms with E-state index in [9.17, 15) is 14.7 Å². The van der Waals surface area contributed by atoms with E-state index in [-0.39, 0.29) is 16.5 Å². The highest BCUT2D eigenvalue weighted by atomic mass is 35.5. The summed E-state index contributed by atoms with van der Waals surface area (Å²) in [5.74, 6) is -0.0762. The molecular formula is C34H32ClN5O5S2. The molecule has 0 radical (unpaired) electrons. The molecule has 6 rings (SSSR count). The standard InChI is InChI=1S/C34H32ClN5O5S2/c1-19(2)14-16-45-24-13-12-21(17-25(24)44-4)29-27(30(41)28-20(3)36-26-11-7-8-15-39(26)28)31(42)32(43)40(29)33-37-38-34(47-33)46-18-22-9-5-6-10-23(22)35/h5-13,15,17,19,29,41H,14,16,18H2,1-4H3/b30-27+. The molecule has 0 bridgehead atoms. The van der Waals surface area contributed by atoms with Crippen LogP contribution in [-0.4, -0.2) is 50.1 Å². The van der Waals surface area contributed by atoms with Gasteiger partial charge in [0.1, 0.15) is 11.3 Å². The van der Waals surface area contributed by atoms with Gasteiger partial charge in [-0.2, -0.15) is 0 Å². The van der Waals surface area contributed by atoms with Crippen LogP contribution in [0.15, 0.2) is 76.8 Å². The van der Waals surface area contributed by atoms with Crippen LogP contribution in [0.1, 0.15) is 48.8 Å². The number of methoxy groups -OCH3 is 1. The number of imidazole rings is 1. The number of aliphatic hydroxyl groups excluding tert-OH is 1. The number of halogens is 1. The second-order valence-corrected chi connectivity index (χ2v) is 13.9. The van der Waals surface area contributed by atoms with Crippen LogP contribution in [0.25, 0.3) is 11.4 Å². The number of fused-ring (bicyclic) bond motifs is 1. The summed E-state index contributed by atoms with van der Waals surface area (Å²) in [6.07, 6.45) is 2.60. The number of aryl methyl sites for hydroxylation is 1. The number of aromatic nitrogens is 4. The molecule has 1 aliphatic heterocycles. The zero-order valence-electron chi connectivity index (χ0n) is 26.1. The van der Waals surface area contributed by atoms with Gasteiger partial charge in [0, 0.05) is 17.0 Å². The monoisotopic (exact) mass is 689 g/mol. The zero-order valence-corrected chi connectivity index (χ0v) is 28.5. The first-order chi connectivity index (χ1) is 22.7. The number of rotatable bonds is 11. The van der Waals surface area contributed by atoms with E-state index >= 15 is 0 Å². The minimum atomic E-state index is -1.04. The normalized spacial score (nSPS) is 16.0. The summed E-state index contributed by atoms with van der Waals surface area (Å²) in [7, 11) is 1.53. The van der Waals surface area contributed by atoms with Crippen LogP contribution in [0, 0.1) is 12.8 Å². The van der Waals surface area contributed by atoms with Crippen molar-refractivity contribution in [3.63, 3.8) is 0 Å². The Labute approximate surface area is 285 Å². The average molecular weight is 690 g/mol. The van der Waals surface area contributed by atoms with Crippen LogP contribution in [0.2, 0.25) is 5.02 Å². The number of anilines is 1. The number of amides is 1. The maximum absolute atomic E-state index is 13.9. The molecule has 1 aliphatic rings. The van der Waals surface area contributed by atoms with E-state index in [2.05, 4.69) is 29.0 Å². The Morgan fingerprint density at radius 1 is 1.09 bits per heavy atom. The van der Waals surface area contributed by atoms with Crippen molar-refractivity contribution < 1.29 is 24.2 Å². The van der Waals surface area contributed by atoms with Crippen LogP contribution in [0.5, 0.6) is 11.5 Å². The number of benzene rings is 2. The summed E-state index contributed by atoms with van der Waals surface area (Å²) in [6, 6.07) is 17.1. The molecule has 1 amide bonds. The van der Waals surface area contributed by atoms with Crippen molar-refractivity contribution in [2.45, 2.75) is 43.3 Å². The fourth-order valence-electron chi connectivity index (χ4n) is 5.36. The van der Waals surface area contributed by atoms with E-state index in [4.69, 9.17) is 21.1 Å². The average Bonchev–Trinajstić information content (AvgIpc) is 3.73. The lowest BCUT2D eigenvalue weighted by Gasteiger charge is -2.23. The lowest BCUT2D eigenvalue weighted by atomic mass is 9.96. The fourth-order valence-corrected chi connectivity index (χ4v) is 7.52. The van der Waals surface area contributed by atoms with E-state index in [1.807, 2.05) is 30.3 Å². The molecule has 5 aromatic rings. The first-order valence-electron chi connectivity index (χ1n) is 14.9. The molecule has 10 nitrogen and oxygen atoms in total. The Balaban J connectivity index is 1.44. The lowest BCUT2D eigenvalue weighted by molar-refractivity contribution is -0.132. The van der Waals surface area contributed by atoms with Crippen molar-refractivity contribution >= 4 is 62.9 Å². The molecule has 0 aliphatic carbocycles. The van der Waals surface area contributed by atoms with Crippen LogP contribution < -0.4 is 14.4 Å². The molecule has 0 spiro atoms. The van der Waals surface area contributed by atoms with Gasteiger partial charge in [-0.25, -0.2) is 4.98 Å². The predicted molar refractivity (Wildman–Crippen MR) is 184 cm³/mol. The summed E-state index contributed by atoms with van der Waals surface area (Å²) in [5.41, 5.74) is 2.76. The number of ether oxygens (including phenoxy) is 2. The summed E-state index contributed by atoms with van der Waals surface area (Å²) in [5, 5.41) is 21.4. The van der Waals surface area contributed by atoms with E-state index in [0.29, 0.717) is 61.7 Å². The molecule has 1 N–H and O–H groups in total. The largest absolute Gasteiger partial charge is 0.505 e. The molecule has 47 heavy (non-hydrogen) atoms. The van der Waals surface area contributed by atoms with Gasteiger partial charge in [0.25, 0.3) is 5.78 Å². The topological polar surface area (TPSA) is 119 Å². The fraction of sp³-hybridized carbons (Fsp3) is 0.265. The van der Waals surface area contributed by atoms with Crippen molar-refractivity contribution in [1.82, 2.24) is 19.6 Å². The van der Waals surface area contributed by atoms with Crippen molar-refractivity contribution in [2.24, 2.45) is 5.92 Å². The highest BCUT2D eigenvalue weighted by molar-refractivity contribution is 8.00. The van der Waals surface area contributed by atoms with E-state index in [1.54, 1.807) is 47.9 Å². The summed E-state index contributed by atoms with van der Waals surface area (Å²) >= 11 is 8.94. The molecule has 0 saturated carbocycles. The quantitative estimate of drug-likeness (QED) is 0.0494. The van der Waals surface area contributed by atoms with Gasteiger partial charge >= 0.3 is 5.91 Å². The van der Waals surface area contributed by atoms with Gasteiger partial charge in [0.05, 0.1) is 31.0 Å². The Hall–Kier alpha value is -4.39. The molecule has 1 fully saturated rings. The summed E-state index contributed by atoms with van der Waals surface area (Å²) in [6.45, 7) is 6.48. The first-order valence-corrected chi connectivity index (χ1v) is 17.1. The number of thioether (sulfide) groups is 1. The molecule has 13 heteroatoms. The number of pyridine rings is 1. The molecular weight excluding hydrogens is 658 g/mol. The number of nitrogens with zero attached hydrogens (tertiary/aromatic N) is 5.